The molecule has 0 spiro atoms. The minimum atomic E-state index is -0.0606. The molecule has 1 saturated carbocycles. The van der Waals surface area contributed by atoms with Gasteiger partial charge in [0.1, 0.15) is 5.72 Å². The second kappa shape index (κ2) is 2.80. The van der Waals surface area contributed by atoms with E-state index >= 15 is 0 Å². The summed E-state index contributed by atoms with van der Waals surface area (Å²) in [5.74, 6) is 0. The Morgan fingerprint density at radius 3 is 2.94 bits per heavy atom. The molecule has 0 amide bonds. The van der Waals surface area contributed by atoms with Gasteiger partial charge in [-0.05, 0) is 37.3 Å². The molecule has 16 heavy (non-hydrogen) atoms. The van der Waals surface area contributed by atoms with Gasteiger partial charge in [0.15, 0.2) is 0 Å². The normalized spacial score (nSPS) is 39.8. The average Bonchev–Trinajstić information content (AvgIpc) is 2.80. The molecule has 0 bridgehead atoms. The van der Waals surface area contributed by atoms with Crippen molar-refractivity contribution in [3.8, 4) is 0 Å². The zero-order chi connectivity index (χ0) is 10.6. The summed E-state index contributed by atoms with van der Waals surface area (Å²) < 4.78 is 6.13. The van der Waals surface area contributed by atoms with Crippen LogP contribution in [-0.2, 0) is 10.2 Å². The van der Waals surface area contributed by atoms with Crippen molar-refractivity contribution in [2.75, 3.05) is 11.9 Å². The van der Waals surface area contributed by atoms with Crippen LogP contribution in [0.15, 0.2) is 24.3 Å². The Balaban J connectivity index is 1.95. The maximum atomic E-state index is 6.13. The molecule has 1 saturated heterocycles. The van der Waals surface area contributed by atoms with Gasteiger partial charge in [-0.15, -0.1) is 0 Å². The third kappa shape index (κ3) is 0.844. The molecule has 2 atom stereocenters. The minimum Gasteiger partial charge on any atom is -0.357 e. The molecular weight excluding hydrogens is 198 g/mol. The van der Waals surface area contributed by atoms with Crippen LogP contribution >= 0.6 is 0 Å². The van der Waals surface area contributed by atoms with Crippen LogP contribution in [0, 0.1) is 0 Å². The van der Waals surface area contributed by atoms with E-state index in [4.69, 9.17) is 4.74 Å². The van der Waals surface area contributed by atoms with Crippen LogP contribution in [0.4, 0.5) is 5.69 Å². The van der Waals surface area contributed by atoms with Crippen molar-refractivity contribution in [1.82, 2.24) is 0 Å². The van der Waals surface area contributed by atoms with E-state index < -0.39 is 0 Å². The lowest BCUT2D eigenvalue weighted by Gasteiger charge is -2.43. The molecule has 2 fully saturated rings. The van der Waals surface area contributed by atoms with Crippen LogP contribution in [-0.4, -0.2) is 12.3 Å². The number of benzene rings is 1. The first-order chi connectivity index (χ1) is 7.86. The Hall–Kier alpha value is -1.02. The molecule has 0 radical (unpaired) electrons. The third-order valence-electron chi connectivity index (χ3n) is 4.81. The number of hydrogen-bond acceptors (Lipinski definition) is 2. The maximum absolute atomic E-state index is 6.13. The Morgan fingerprint density at radius 2 is 1.94 bits per heavy atom. The van der Waals surface area contributed by atoms with Crippen LogP contribution < -0.4 is 5.32 Å². The fourth-order valence-corrected chi connectivity index (χ4v) is 4.11. The van der Waals surface area contributed by atoms with E-state index in [0.29, 0.717) is 0 Å². The van der Waals surface area contributed by atoms with Crippen molar-refractivity contribution < 1.29 is 4.74 Å². The van der Waals surface area contributed by atoms with Crippen LogP contribution in [0.5, 0.6) is 0 Å². The van der Waals surface area contributed by atoms with E-state index in [1.54, 1.807) is 0 Å². The standard InChI is InChI=1S/C14H17NO/c1-2-6-12-11(5-1)13-7-3-4-8-14(13,15-12)16-10-9-13/h1-2,5-6,15H,3-4,7-10H2/t13-,14-/m0/s1. The summed E-state index contributed by atoms with van der Waals surface area (Å²) in [6.45, 7) is 0.918. The van der Waals surface area contributed by atoms with E-state index in [2.05, 4.69) is 29.6 Å². The lowest BCUT2D eigenvalue weighted by molar-refractivity contribution is -0.0279. The van der Waals surface area contributed by atoms with Crippen molar-refractivity contribution >= 4 is 5.69 Å². The highest BCUT2D eigenvalue weighted by Crippen LogP contribution is 2.60. The molecule has 4 rings (SSSR count). The fourth-order valence-electron chi connectivity index (χ4n) is 4.11. The molecule has 1 aromatic rings. The first-order valence-corrected chi connectivity index (χ1v) is 6.38. The van der Waals surface area contributed by atoms with Gasteiger partial charge in [-0.3, -0.25) is 0 Å². The van der Waals surface area contributed by atoms with E-state index in [0.717, 1.165) is 6.61 Å². The number of anilines is 1. The van der Waals surface area contributed by atoms with Gasteiger partial charge in [0.05, 0.1) is 6.61 Å². The second-order valence-electron chi connectivity index (χ2n) is 5.39. The summed E-state index contributed by atoms with van der Waals surface area (Å²) in [5, 5.41) is 3.68. The van der Waals surface area contributed by atoms with Crippen molar-refractivity contribution in [1.29, 1.82) is 0 Å². The molecule has 0 unspecified atom stereocenters. The molecule has 2 heteroatoms. The first kappa shape index (κ1) is 9.06. The molecule has 1 N–H and O–H groups in total. The highest BCUT2D eigenvalue weighted by atomic mass is 16.5. The van der Waals surface area contributed by atoms with E-state index in [1.165, 1.54) is 43.4 Å². The highest BCUT2D eigenvalue weighted by Gasteiger charge is 2.62. The van der Waals surface area contributed by atoms with Crippen molar-refractivity contribution in [3.05, 3.63) is 29.8 Å². The Bertz CT molecular complexity index is 444. The number of nitrogens with one attached hydrogen (secondary N) is 1. The number of hydrogen-bond donors (Lipinski definition) is 1. The van der Waals surface area contributed by atoms with Gasteiger partial charge in [-0.2, -0.15) is 0 Å². The quantitative estimate of drug-likeness (QED) is 0.718. The van der Waals surface area contributed by atoms with E-state index in [-0.39, 0.29) is 11.1 Å². The summed E-state index contributed by atoms with van der Waals surface area (Å²) in [6.07, 6.45) is 6.29. The third-order valence-corrected chi connectivity index (χ3v) is 4.81. The van der Waals surface area contributed by atoms with Gasteiger partial charge in [-0.25, -0.2) is 0 Å². The summed E-state index contributed by atoms with van der Waals surface area (Å²) in [7, 11) is 0. The van der Waals surface area contributed by atoms with Crippen molar-refractivity contribution in [3.63, 3.8) is 0 Å². The van der Waals surface area contributed by atoms with Gasteiger partial charge in [0, 0.05) is 11.1 Å². The Labute approximate surface area is 96.0 Å². The smallest absolute Gasteiger partial charge is 0.148 e. The molecule has 1 aliphatic carbocycles. The number of rotatable bonds is 0. The maximum Gasteiger partial charge on any atom is 0.148 e. The van der Waals surface area contributed by atoms with Crippen LogP contribution in [0.2, 0.25) is 0 Å². The number of para-hydroxylation sites is 1. The first-order valence-electron chi connectivity index (χ1n) is 6.38. The SMILES string of the molecule is c1ccc2c(c1)N[C@]13CCCC[C@]21CCO3. The molecule has 2 heterocycles. The zero-order valence-electron chi connectivity index (χ0n) is 9.46. The van der Waals surface area contributed by atoms with Gasteiger partial charge in [-0.1, -0.05) is 24.6 Å². The van der Waals surface area contributed by atoms with Gasteiger partial charge in [0.25, 0.3) is 0 Å². The van der Waals surface area contributed by atoms with Crippen LogP contribution in [0.3, 0.4) is 0 Å². The number of fused-ring (bicyclic) bond motifs is 1. The van der Waals surface area contributed by atoms with Crippen molar-refractivity contribution in [2.24, 2.45) is 0 Å². The molecule has 84 valence electrons. The minimum absolute atomic E-state index is 0.0606. The van der Waals surface area contributed by atoms with E-state index in [9.17, 15) is 0 Å². The van der Waals surface area contributed by atoms with E-state index in [1.807, 2.05) is 0 Å². The summed E-state index contributed by atoms with van der Waals surface area (Å²) in [5.41, 5.74) is 3.04. The molecule has 1 aromatic carbocycles. The number of ether oxygens (including phenoxy) is 1. The van der Waals surface area contributed by atoms with Gasteiger partial charge < -0.3 is 10.1 Å². The predicted octanol–water partition coefficient (Wildman–Crippen LogP) is 3.04. The fraction of sp³-hybridized carbons (Fsp3) is 0.571. The van der Waals surface area contributed by atoms with Gasteiger partial charge >= 0.3 is 0 Å². The Kier molecular flexibility index (Phi) is 1.59. The van der Waals surface area contributed by atoms with Crippen LogP contribution in [0.25, 0.3) is 0 Å². The monoisotopic (exact) mass is 215 g/mol. The lowest BCUT2D eigenvalue weighted by atomic mass is 9.65. The summed E-state index contributed by atoms with van der Waals surface area (Å²) in [4.78, 5) is 0. The molecular formula is C14H17NO. The topological polar surface area (TPSA) is 21.3 Å². The van der Waals surface area contributed by atoms with Crippen LogP contribution in [0.1, 0.15) is 37.7 Å². The summed E-state index contributed by atoms with van der Waals surface area (Å²) in [6, 6.07) is 8.78. The largest absolute Gasteiger partial charge is 0.357 e. The molecule has 2 aliphatic heterocycles. The molecule has 2 nitrogen and oxygen atoms in total. The second-order valence-corrected chi connectivity index (χ2v) is 5.39. The van der Waals surface area contributed by atoms with Gasteiger partial charge in [0.2, 0.25) is 0 Å². The average molecular weight is 215 g/mol. The lowest BCUT2D eigenvalue weighted by Crippen LogP contribution is -2.51. The Morgan fingerprint density at radius 1 is 1.06 bits per heavy atom. The summed E-state index contributed by atoms with van der Waals surface area (Å²) >= 11 is 0. The zero-order valence-corrected chi connectivity index (χ0v) is 9.46. The molecule has 3 aliphatic rings. The molecule has 0 aromatic heterocycles. The predicted molar refractivity (Wildman–Crippen MR) is 63.5 cm³/mol. The van der Waals surface area contributed by atoms with Crippen molar-refractivity contribution in [2.45, 2.75) is 43.2 Å². The highest BCUT2D eigenvalue weighted by molar-refractivity contribution is 5.64.